The molecule has 2 heterocycles. The molecule has 0 radical (unpaired) electrons. The maximum atomic E-state index is 12.8. The van der Waals surface area contributed by atoms with E-state index in [-0.39, 0.29) is 11.7 Å². The van der Waals surface area contributed by atoms with Gasteiger partial charge in [-0.25, -0.2) is 9.37 Å². The number of hydrogen-bond donors (Lipinski definition) is 2. The first kappa shape index (κ1) is 13.9. The molecule has 0 fully saturated rings. The number of pyridine rings is 1. The van der Waals surface area contributed by atoms with Crippen molar-refractivity contribution in [2.75, 3.05) is 0 Å². The van der Waals surface area contributed by atoms with Crippen LogP contribution in [0.3, 0.4) is 0 Å². The van der Waals surface area contributed by atoms with Crippen LogP contribution in [0.1, 0.15) is 11.3 Å². The van der Waals surface area contributed by atoms with Crippen molar-refractivity contribution in [2.24, 2.45) is 0 Å². The van der Waals surface area contributed by atoms with Gasteiger partial charge in [0.25, 0.3) is 0 Å². The quantitative estimate of drug-likeness (QED) is 0.726. The fourth-order valence-corrected chi connectivity index (χ4v) is 2.01. The summed E-state index contributed by atoms with van der Waals surface area (Å²) in [6, 6.07) is 9.67. The Labute approximate surface area is 125 Å². The zero-order valence-corrected chi connectivity index (χ0v) is 11.6. The normalized spacial score (nSPS) is 11.1. The Hall–Kier alpha value is -3.02. The summed E-state index contributed by atoms with van der Waals surface area (Å²) in [5.41, 5.74) is 2.16. The molecule has 3 rings (SSSR count). The van der Waals surface area contributed by atoms with Crippen molar-refractivity contribution in [3.05, 3.63) is 65.7 Å². The third-order valence-corrected chi connectivity index (χ3v) is 3.14. The predicted octanol–water partition coefficient (Wildman–Crippen LogP) is 2.43. The zero-order chi connectivity index (χ0) is 15.4. The third-order valence-electron chi connectivity index (χ3n) is 3.14. The average Bonchev–Trinajstić information content (AvgIpc) is 2.96. The van der Waals surface area contributed by atoms with Crippen molar-refractivity contribution in [3.63, 3.8) is 0 Å². The number of hydrogen-bond acceptors (Lipinski definition) is 3. The van der Waals surface area contributed by atoms with Gasteiger partial charge < -0.3 is 5.32 Å². The van der Waals surface area contributed by atoms with E-state index in [1.54, 1.807) is 24.4 Å². The number of aromatic amines is 1. The Bertz CT molecular complexity index is 824. The second-order valence-electron chi connectivity index (χ2n) is 4.69. The maximum Gasteiger partial charge on any atom is 0.244 e. The minimum absolute atomic E-state index is 0.246. The van der Waals surface area contributed by atoms with Crippen molar-refractivity contribution >= 4 is 23.0 Å². The highest BCUT2D eigenvalue weighted by Crippen LogP contribution is 2.13. The molecular weight excluding hydrogens is 283 g/mol. The van der Waals surface area contributed by atoms with E-state index in [2.05, 4.69) is 20.5 Å². The smallest absolute Gasteiger partial charge is 0.244 e. The van der Waals surface area contributed by atoms with E-state index in [0.717, 1.165) is 10.9 Å². The SMILES string of the molecule is O=C(/C=C/c1n[nH]c2ncccc12)NCc1ccc(F)cc1. The summed E-state index contributed by atoms with van der Waals surface area (Å²) >= 11 is 0. The van der Waals surface area contributed by atoms with Crippen LogP contribution in [0, 0.1) is 5.82 Å². The number of rotatable bonds is 4. The van der Waals surface area contributed by atoms with Crippen LogP contribution in [0.15, 0.2) is 48.7 Å². The van der Waals surface area contributed by atoms with E-state index in [1.807, 2.05) is 12.1 Å². The Balaban J connectivity index is 1.62. The van der Waals surface area contributed by atoms with Crippen molar-refractivity contribution in [1.82, 2.24) is 20.5 Å². The van der Waals surface area contributed by atoms with Crippen molar-refractivity contribution in [2.45, 2.75) is 6.54 Å². The summed E-state index contributed by atoms with van der Waals surface area (Å²) in [5.74, 6) is -0.543. The van der Waals surface area contributed by atoms with Gasteiger partial charge in [0.2, 0.25) is 5.91 Å². The number of nitrogens with zero attached hydrogens (tertiary/aromatic N) is 2. The summed E-state index contributed by atoms with van der Waals surface area (Å²) in [4.78, 5) is 15.9. The lowest BCUT2D eigenvalue weighted by Crippen LogP contribution is -2.20. The van der Waals surface area contributed by atoms with Crippen LogP contribution in [-0.4, -0.2) is 21.1 Å². The van der Waals surface area contributed by atoms with Crippen molar-refractivity contribution in [3.8, 4) is 0 Å². The van der Waals surface area contributed by atoms with Crippen LogP contribution in [0.5, 0.6) is 0 Å². The molecule has 2 N–H and O–H groups in total. The number of aromatic nitrogens is 3. The van der Waals surface area contributed by atoms with Gasteiger partial charge >= 0.3 is 0 Å². The maximum absolute atomic E-state index is 12.8. The second kappa shape index (κ2) is 6.17. The van der Waals surface area contributed by atoms with Gasteiger partial charge in [-0.05, 0) is 35.9 Å². The lowest BCUT2D eigenvalue weighted by atomic mass is 10.2. The molecule has 6 heteroatoms. The molecule has 1 amide bonds. The Kier molecular flexibility index (Phi) is 3.91. The number of H-pyrrole nitrogens is 1. The van der Waals surface area contributed by atoms with Crippen LogP contribution in [0.25, 0.3) is 17.1 Å². The molecule has 0 aliphatic heterocycles. The number of amides is 1. The molecule has 2 aromatic heterocycles. The number of benzene rings is 1. The van der Waals surface area contributed by atoms with Gasteiger partial charge in [0.05, 0.1) is 5.69 Å². The first-order chi connectivity index (χ1) is 10.7. The predicted molar refractivity (Wildman–Crippen MR) is 81.2 cm³/mol. The first-order valence-corrected chi connectivity index (χ1v) is 6.72. The zero-order valence-electron chi connectivity index (χ0n) is 11.6. The van der Waals surface area contributed by atoms with E-state index in [1.165, 1.54) is 18.2 Å². The molecule has 0 atom stereocenters. The average molecular weight is 296 g/mol. The van der Waals surface area contributed by atoms with Crippen LogP contribution in [0.2, 0.25) is 0 Å². The van der Waals surface area contributed by atoms with Gasteiger partial charge in [0.1, 0.15) is 5.82 Å². The summed E-state index contributed by atoms with van der Waals surface area (Å²) in [6.45, 7) is 0.340. The number of fused-ring (bicyclic) bond motifs is 1. The number of nitrogens with one attached hydrogen (secondary N) is 2. The highest BCUT2D eigenvalue weighted by molar-refractivity contribution is 5.94. The molecule has 0 saturated heterocycles. The molecule has 0 bridgehead atoms. The molecule has 0 aliphatic rings. The van der Waals surface area contributed by atoms with E-state index in [4.69, 9.17) is 0 Å². The highest BCUT2D eigenvalue weighted by Gasteiger charge is 2.03. The molecule has 1 aromatic carbocycles. The summed E-state index contributed by atoms with van der Waals surface area (Å²) in [7, 11) is 0. The molecule has 110 valence electrons. The van der Waals surface area contributed by atoms with Crippen molar-refractivity contribution in [1.29, 1.82) is 0 Å². The van der Waals surface area contributed by atoms with Gasteiger partial charge in [-0.1, -0.05) is 12.1 Å². The molecule has 0 saturated carbocycles. The van der Waals surface area contributed by atoms with E-state index >= 15 is 0 Å². The molecule has 5 nitrogen and oxygen atoms in total. The summed E-state index contributed by atoms with van der Waals surface area (Å²) in [6.07, 6.45) is 4.70. The number of halogens is 1. The molecule has 3 aromatic rings. The monoisotopic (exact) mass is 296 g/mol. The third kappa shape index (κ3) is 3.17. The largest absolute Gasteiger partial charge is 0.348 e. The van der Waals surface area contributed by atoms with Gasteiger partial charge in [-0.3, -0.25) is 9.89 Å². The van der Waals surface area contributed by atoms with Crippen LogP contribution >= 0.6 is 0 Å². The van der Waals surface area contributed by atoms with Crippen LogP contribution in [0.4, 0.5) is 4.39 Å². The summed E-state index contributed by atoms with van der Waals surface area (Å²) in [5, 5.41) is 10.5. The van der Waals surface area contributed by atoms with E-state index in [0.29, 0.717) is 17.9 Å². The first-order valence-electron chi connectivity index (χ1n) is 6.72. The fourth-order valence-electron chi connectivity index (χ4n) is 2.01. The molecule has 0 spiro atoms. The fraction of sp³-hybridized carbons (Fsp3) is 0.0625. The minimum atomic E-state index is -0.297. The molecular formula is C16H13FN4O. The molecule has 0 unspecified atom stereocenters. The Morgan fingerprint density at radius 2 is 2.09 bits per heavy atom. The van der Waals surface area contributed by atoms with Crippen LogP contribution in [-0.2, 0) is 11.3 Å². The summed E-state index contributed by atoms with van der Waals surface area (Å²) < 4.78 is 12.8. The lowest BCUT2D eigenvalue weighted by Gasteiger charge is -2.02. The van der Waals surface area contributed by atoms with Gasteiger partial charge in [0, 0.05) is 24.2 Å². The van der Waals surface area contributed by atoms with Gasteiger partial charge in [-0.2, -0.15) is 5.10 Å². The highest BCUT2D eigenvalue weighted by atomic mass is 19.1. The lowest BCUT2D eigenvalue weighted by molar-refractivity contribution is -0.116. The van der Waals surface area contributed by atoms with Crippen LogP contribution < -0.4 is 5.32 Å². The molecule has 22 heavy (non-hydrogen) atoms. The minimum Gasteiger partial charge on any atom is -0.348 e. The Morgan fingerprint density at radius 1 is 1.27 bits per heavy atom. The second-order valence-corrected chi connectivity index (χ2v) is 4.69. The number of carbonyl (C=O) groups is 1. The standard InChI is InChI=1S/C16H13FN4O/c17-12-5-3-11(4-6-12)10-19-15(22)8-7-14-13-2-1-9-18-16(13)21-20-14/h1-9H,10H2,(H,19,22)(H,18,20,21)/b8-7+. The topological polar surface area (TPSA) is 70.7 Å². The van der Waals surface area contributed by atoms with Crippen molar-refractivity contribution < 1.29 is 9.18 Å². The van der Waals surface area contributed by atoms with Gasteiger partial charge in [-0.15, -0.1) is 0 Å². The Morgan fingerprint density at radius 3 is 2.91 bits per heavy atom. The van der Waals surface area contributed by atoms with E-state index in [9.17, 15) is 9.18 Å². The number of carbonyl (C=O) groups excluding carboxylic acids is 1. The molecule has 0 aliphatic carbocycles. The van der Waals surface area contributed by atoms with Gasteiger partial charge in [0.15, 0.2) is 5.65 Å². The van der Waals surface area contributed by atoms with E-state index < -0.39 is 0 Å².